The highest BCUT2D eigenvalue weighted by molar-refractivity contribution is 4.84. The molecule has 0 spiro atoms. The van der Waals surface area contributed by atoms with Gasteiger partial charge in [0.1, 0.15) is 0 Å². The summed E-state index contributed by atoms with van der Waals surface area (Å²) in [6, 6.07) is 0.628. The van der Waals surface area contributed by atoms with Crippen LogP contribution in [0, 0.1) is 11.8 Å². The first-order valence-electron chi connectivity index (χ1n) is 6.36. The number of nitrogens with one attached hydrogen (secondary N) is 1. The Morgan fingerprint density at radius 3 is 2.53 bits per heavy atom. The summed E-state index contributed by atoms with van der Waals surface area (Å²) in [7, 11) is 0. The predicted octanol–water partition coefficient (Wildman–Crippen LogP) is 2.56. The highest BCUT2D eigenvalue weighted by Gasteiger charge is 2.27. The van der Waals surface area contributed by atoms with Crippen molar-refractivity contribution < 1.29 is 5.11 Å². The highest BCUT2D eigenvalue weighted by atomic mass is 16.3. The fourth-order valence-electron chi connectivity index (χ4n) is 2.75. The van der Waals surface area contributed by atoms with E-state index in [0.717, 1.165) is 18.9 Å². The molecule has 1 fully saturated rings. The van der Waals surface area contributed by atoms with E-state index in [1.807, 2.05) is 6.92 Å². The molecule has 1 saturated carbocycles. The van der Waals surface area contributed by atoms with E-state index >= 15 is 0 Å². The van der Waals surface area contributed by atoms with Gasteiger partial charge in [-0.3, -0.25) is 0 Å². The molecule has 3 unspecified atom stereocenters. The average molecular weight is 213 g/mol. The maximum atomic E-state index is 10.2. The standard InChI is InChI=1S/C13H27NO/c1-10(2)8-13(4,15)9-14-12-7-5-6-11(12)3/h10-12,14-15H,5-9H2,1-4H3. The van der Waals surface area contributed by atoms with Crippen LogP contribution in [-0.4, -0.2) is 23.3 Å². The van der Waals surface area contributed by atoms with Crippen molar-refractivity contribution in [1.82, 2.24) is 5.32 Å². The van der Waals surface area contributed by atoms with Crippen LogP contribution in [0.3, 0.4) is 0 Å². The summed E-state index contributed by atoms with van der Waals surface area (Å²) in [4.78, 5) is 0. The van der Waals surface area contributed by atoms with Crippen molar-refractivity contribution in [2.75, 3.05) is 6.54 Å². The zero-order valence-electron chi connectivity index (χ0n) is 10.7. The summed E-state index contributed by atoms with van der Waals surface area (Å²) in [5.74, 6) is 1.34. The zero-order valence-corrected chi connectivity index (χ0v) is 10.7. The van der Waals surface area contributed by atoms with Crippen LogP contribution in [0.1, 0.15) is 53.4 Å². The van der Waals surface area contributed by atoms with Crippen molar-refractivity contribution in [3.05, 3.63) is 0 Å². The highest BCUT2D eigenvalue weighted by Crippen LogP contribution is 2.25. The lowest BCUT2D eigenvalue weighted by Crippen LogP contribution is -2.44. The number of hydrogen-bond acceptors (Lipinski definition) is 2. The van der Waals surface area contributed by atoms with Gasteiger partial charge in [-0.15, -0.1) is 0 Å². The maximum Gasteiger partial charge on any atom is 0.0746 e. The third kappa shape index (κ3) is 4.52. The molecule has 15 heavy (non-hydrogen) atoms. The van der Waals surface area contributed by atoms with Crippen LogP contribution in [0.2, 0.25) is 0 Å². The van der Waals surface area contributed by atoms with Gasteiger partial charge in [-0.25, -0.2) is 0 Å². The Hall–Kier alpha value is -0.0800. The predicted molar refractivity (Wildman–Crippen MR) is 64.9 cm³/mol. The molecule has 1 rings (SSSR count). The topological polar surface area (TPSA) is 32.3 Å². The fourth-order valence-corrected chi connectivity index (χ4v) is 2.75. The van der Waals surface area contributed by atoms with Gasteiger partial charge in [0, 0.05) is 12.6 Å². The van der Waals surface area contributed by atoms with Gasteiger partial charge in [0.2, 0.25) is 0 Å². The van der Waals surface area contributed by atoms with Crippen molar-refractivity contribution in [3.63, 3.8) is 0 Å². The Morgan fingerprint density at radius 1 is 1.40 bits per heavy atom. The van der Waals surface area contributed by atoms with Crippen molar-refractivity contribution in [3.8, 4) is 0 Å². The SMILES string of the molecule is CC(C)CC(C)(O)CNC1CCCC1C. The molecule has 90 valence electrons. The van der Waals surface area contributed by atoms with Crippen LogP contribution in [0.25, 0.3) is 0 Å². The lowest BCUT2D eigenvalue weighted by atomic mass is 9.93. The molecule has 0 aromatic carbocycles. The Kier molecular flexibility index (Phi) is 4.60. The monoisotopic (exact) mass is 213 g/mol. The van der Waals surface area contributed by atoms with Gasteiger partial charge in [-0.1, -0.05) is 27.2 Å². The van der Waals surface area contributed by atoms with E-state index in [1.165, 1.54) is 19.3 Å². The summed E-state index contributed by atoms with van der Waals surface area (Å²) in [5.41, 5.74) is -0.545. The van der Waals surface area contributed by atoms with E-state index < -0.39 is 5.60 Å². The molecule has 1 aliphatic rings. The van der Waals surface area contributed by atoms with Crippen LogP contribution < -0.4 is 5.32 Å². The second kappa shape index (κ2) is 5.31. The van der Waals surface area contributed by atoms with E-state index in [0.29, 0.717) is 12.0 Å². The summed E-state index contributed by atoms with van der Waals surface area (Å²) in [5, 5.41) is 13.7. The van der Waals surface area contributed by atoms with E-state index in [-0.39, 0.29) is 0 Å². The van der Waals surface area contributed by atoms with E-state index in [4.69, 9.17) is 0 Å². The molecule has 1 aliphatic carbocycles. The minimum Gasteiger partial charge on any atom is -0.389 e. The van der Waals surface area contributed by atoms with Crippen LogP contribution in [0.4, 0.5) is 0 Å². The summed E-state index contributed by atoms with van der Waals surface area (Å²) >= 11 is 0. The first-order chi connectivity index (χ1) is 6.91. The molecule has 0 aromatic heterocycles. The quantitative estimate of drug-likeness (QED) is 0.735. The lowest BCUT2D eigenvalue weighted by Gasteiger charge is -2.28. The lowest BCUT2D eigenvalue weighted by molar-refractivity contribution is 0.0349. The largest absolute Gasteiger partial charge is 0.389 e. The van der Waals surface area contributed by atoms with E-state index in [2.05, 4.69) is 26.1 Å². The van der Waals surface area contributed by atoms with Crippen molar-refractivity contribution >= 4 is 0 Å². The molecule has 0 amide bonds. The molecular formula is C13H27NO. The van der Waals surface area contributed by atoms with Crippen LogP contribution in [-0.2, 0) is 0 Å². The number of aliphatic hydroxyl groups is 1. The minimum absolute atomic E-state index is 0.545. The molecule has 0 saturated heterocycles. The van der Waals surface area contributed by atoms with Crippen molar-refractivity contribution in [1.29, 1.82) is 0 Å². The Labute approximate surface area is 94.5 Å². The van der Waals surface area contributed by atoms with Gasteiger partial charge in [0.05, 0.1) is 5.60 Å². The zero-order chi connectivity index (χ0) is 11.5. The second-order valence-corrected chi connectivity index (χ2v) is 5.99. The normalized spacial score (nSPS) is 30.8. The van der Waals surface area contributed by atoms with Crippen LogP contribution in [0.5, 0.6) is 0 Å². The molecule has 0 radical (unpaired) electrons. The average Bonchev–Trinajstić information content (AvgIpc) is 2.45. The number of hydrogen-bond donors (Lipinski definition) is 2. The van der Waals surface area contributed by atoms with Gasteiger partial charge in [-0.05, 0) is 38.0 Å². The Bertz CT molecular complexity index is 189. The first kappa shape index (κ1) is 13.0. The van der Waals surface area contributed by atoms with Gasteiger partial charge in [0.15, 0.2) is 0 Å². The smallest absolute Gasteiger partial charge is 0.0746 e. The third-order valence-corrected chi connectivity index (χ3v) is 3.45. The molecule has 3 atom stereocenters. The summed E-state index contributed by atoms with van der Waals surface area (Å²) in [6.45, 7) is 9.31. The van der Waals surface area contributed by atoms with Crippen molar-refractivity contribution in [2.24, 2.45) is 11.8 Å². The van der Waals surface area contributed by atoms with Gasteiger partial charge in [0.25, 0.3) is 0 Å². The second-order valence-electron chi connectivity index (χ2n) is 5.99. The molecular weight excluding hydrogens is 186 g/mol. The fraction of sp³-hybridized carbons (Fsp3) is 1.00. The van der Waals surface area contributed by atoms with Gasteiger partial charge >= 0.3 is 0 Å². The van der Waals surface area contributed by atoms with E-state index in [9.17, 15) is 5.11 Å². The van der Waals surface area contributed by atoms with Crippen molar-refractivity contribution in [2.45, 2.75) is 65.0 Å². The third-order valence-electron chi connectivity index (χ3n) is 3.45. The molecule has 0 bridgehead atoms. The Morgan fingerprint density at radius 2 is 2.07 bits per heavy atom. The van der Waals surface area contributed by atoms with E-state index in [1.54, 1.807) is 0 Å². The van der Waals surface area contributed by atoms with Gasteiger partial charge in [-0.2, -0.15) is 0 Å². The molecule has 0 heterocycles. The van der Waals surface area contributed by atoms with Gasteiger partial charge < -0.3 is 10.4 Å². The van der Waals surface area contributed by atoms with Crippen LogP contribution in [0.15, 0.2) is 0 Å². The molecule has 0 aliphatic heterocycles. The molecule has 2 nitrogen and oxygen atoms in total. The Balaban J connectivity index is 2.28. The number of rotatable bonds is 5. The molecule has 0 aromatic rings. The first-order valence-corrected chi connectivity index (χ1v) is 6.36. The summed E-state index contributed by atoms with van der Waals surface area (Å²) < 4.78 is 0. The van der Waals surface area contributed by atoms with Crippen LogP contribution >= 0.6 is 0 Å². The molecule has 2 N–H and O–H groups in total. The maximum absolute atomic E-state index is 10.2. The molecule has 2 heteroatoms. The summed E-state index contributed by atoms with van der Waals surface area (Å²) in [6.07, 6.45) is 4.83. The minimum atomic E-state index is -0.545.